The number of hydrogen-bond acceptors (Lipinski definition) is 7. The molecule has 1 atom stereocenters. The summed E-state index contributed by atoms with van der Waals surface area (Å²) in [5.41, 5.74) is 0. The Morgan fingerprint density at radius 2 is 1.26 bits per heavy atom. The molecule has 0 aliphatic rings. The van der Waals surface area contributed by atoms with Crippen LogP contribution in [0.25, 0.3) is 0 Å². The van der Waals surface area contributed by atoms with Crippen LogP contribution in [-0.2, 0) is 9.53 Å². The molecule has 0 fully saturated rings. The van der Waals surface area contributed by atoms with E-state index in [-0.39, 0.29) is 32.4 Å². The summed E-state index contributed by atoms with van der Waals surface area (Å²) < 4.78 is 4.85. The summed E-state index contributed by atoms with van der Waals surface area (Å²) in [7, 11) is 0. The topological polar surface area (TPSA) is 127 Å². The van der Waals surface area contributed by atoms with E-state index in [0.717, 1.165) is 32.1 Å². The summed E-state index contributed by atoms with van der Waals surface area (Å²) in [5, 5.41) is 41.7. The van der Waals surface area contributed by atoms with Crippen LogP contribution in [0.3, 0.4) is 0 Å². The maximum Gasteiger partial charge on any atom is 0.305 e. The third-order valence-corrected chi connectivity index (χ3v) is 4.40. The predicted octanol–water partition coefficient (Wildman–Crippen LogP) is 3.03. The largest absolute Gasteiger partial charge is 0.463 e. The van der Waals surface area contributed by atoms with E-state index in [1.54, 1.807) is 0 Å². The number of carbonyl (C=O) groups is 1. The van der Waals surface area contributed by atoms with Crippen molar-refractivity contribution in [1.29, 1.82) is 0 Å². The van der Waals surface area contributed by atoms with Gasteiger partial charge in [-0.25, -0.2) is 0 Å². The first-order chi connectivity index (χ1) is 15.0. The third-order valence-electron chi connectivity index (χ3n) is 4.40. The average Bonchev–Trinajstić information content (AvgIpc) is 2.79. The van der Waals surface area contributed by atoms with Gasteiger partial charge in [-0.05, 0) is 38.5 Å². The van der Waals surface area contributed by atoms with E-state index in [2.05, 4.69) is 31.2 Å². The van der Waals surface area contributed by atoms with E-state index < -0.39 is 12.2 Å². The van der Waals surface area contributed by atoms with Crippen molar-refractivity contribution in [2.75, 3.05) is 26.4 Å². The van der Waals surface area contributed by atoms with E-state index in [4.69, 9.17) is 30.3 Å². The Kier molecular flexibility index (Phi) is 27.6. The number of esters is 1. The van der Waals surface area contributed by atoms with Crippen LogP contribution in [0.2, 0.25) is 0 Å². The summed E-state index contributed by atoms with van der Waals surface area (Å²) in [4.78, 5) is 11.4. The maximum absolute atomic E-state index is 11.4. The van der Waals surface area contributed by atoms with Crippen molar-refractivity contribution in [3.8, 4) is 0 Å². The van der Waals surface area contributed by atoms with Crippen molar-refractivity contribution in [2.45, 2.75) is 96.2 Å². The minimum absolute atomic E-state index is 0.115. The van der Waals surface area contributed by atoms with Crippen LogP contribution in [-0.4, -0.2) is 70.1 Å². The predicted molar refractivity (Wildman–Crippen MR) is 124 cm³/mol. The molecule has 7 heteroatoms. The second-order valence-electron chi connectivity index (χ2n) is 7.52. The van der Waals surface area contributed by atoms with Gasteiger partial charge in [0.2, 0.25) is 0 Å². The van der Waals surface area contributed by atoms with Crippen LogP contribution in [0.5, 0.6) is 0 Å². The van der Waals surface area contributed by atoms with Crippen molar-refractivity contribution < 1.29 is 35.1 Å². The van der Waals surface area contributed by atoms with Gasteiger partial charge in [-0.2, -0.15) is 0 Å². The highest BCUT2D eigenvalue weighted by Crippen LogP contribution is 2.08. The molecule has 0 amide bonds. The smallest absolute Gasteiger partial charge is 0.305 e. The minimum Gasteiger partial charge on any atom is -0.463 e. The van der Waals surface area contributed by atoms with Gasteiger partial charge in [0.05, 0.1) is 19.8 Å². The summed E-state index contributed by atoms with van der Waals surface area (Å²) >= 11 is 0. The molecular weight excluding hydrogens is 400 g/mol. The van der Waals surface area contributed by atoms with Gasteiger partial charge < -0.3 is 30.3 Å². The Hall–Kier alpha value is -1.25. The van der Waals surface area contributed by atoms with E-state index in [1.165, 1.54) is 38.5 Å². The lowest BCUT2D eigenvalue weighted by molar-refractivity contribution is -0.147. The number of aliphatic hydroxyl groups excluding tert-OH is 5. The van der Waals surface area contributed by atoms with Crippen LogP contribution < -0.4 is 0 Å². The van der Waals surface area contributed by atoms with Crippen LogP contribution in [0, 0.1) is 0 Å². The Labute approximate surface area is 188 Å². The zero-order valence-corrected chi connectivity index (χ0v) is 19.3. The first-order valence-electron chi connectivity index (χ1n) is 11.7. The van der Waals surface area contributed by atoms with E-state index in [1.807, 2.05) is 0 Å². The summed E-state index contributed by atoms with van der Waals surface area (Å²) in [6, 6.07) is 0. The maximum atomic E-state index is 11.4. The molecule has 0 radical (unpaired) electrons. The Balaban J connectivity index is 0. The number of carbonyl (C=O) groups excluding carboxylic acids is 1. The van der Waals surface area contributed by atoms with Crippen molar-refractivity contribution in [2.24, 2.45) is 0 Å². The van der Waals surface area contributed by atoms with Gasteiger partial charge >= 0.3 is 5.97 Å². The molecule has 0 aromatic heterocycles. The van der Waals surface area contributed by atoms with Crippen LogP contribution >= 0.6 is 0 Å². The molecule has 0 aliphatic heterocycles. The van der Waals surface area contributed by atoms with Crippen LogP contribution in [0.1, 0.15) is 84.0 Å². The monoisotopic (exact) mass is 446 g/mol. The highest BCUT2D eigenvalue weighted by molar-refractivity contribution is 5.69. The third kappa shape index (κ3) is 28.8. The number of rotatable bonds is 19. The normalized spacial score (nSPS) is 12.4. The lowest BCUT2D eigenvalue weighted by Crippen LogP contribution is -2.21. The lowest BCUT2D eigenvalue weighted by Gasteiger charge is -2.08. The second-order valence-corrected chi connectivity index (χ2v) is 7.52. The zero-order chi connectivity index (χ0) is 23.6. The molecule has 31 heavy (non-hydrogen) atoms. The van der Waals surface area contributed by atoms with E-state index in [9.17, 15) is 4.79 Å². The fourth-order valence-corrected chi connectivity index (χ4v) is 2.45. The highest BCUT2D eigenvalue weighted by Gasteiger charge is 2.07. The first-order valence-corrected chi connectivity index (χ1v) is 11.7. The average molecular weight is 447 g/mol. The van der Waals surface area contributed by atoms with Gasteiger partial charge in [-0.1, -0.05) is 63.3 Å². The number of aliphatic hydroxyl groups is 5. The highest BCUT2D eigenvalue weighted by atomic mass is 16.5. The van der Waals surface area contributed by atoms with Crippen molar-refractivity contribution in [3.05, 3.63) is 24.3 Å². The van der Waals surface area contributed by atoms with E-state index >= 15 is 0 Å². The van der Waals surface area contributed by atoms with Gasteiger partial charge in [0, 0.05) is 6.42 Å². The molecule has 0 aromatic carbocycles. The quantitative estimate of drug-likeness (QED) is 0.117. The molecule has 0 aromatic rings. The van der Waals surface area contributed by atoms with Gasteiger partial charge in [0.1, 0.15) is 18.8 Å². The Morgan fingerprint density at radius 1 is 0.742 bits per heavy atom. The van der Waals surface area contributed by atoms with Crippen LogP contribution in [0.15, 0.2) is 24.3 Å². The molecule has 0 aliphatic carbocycles. The van der Waals surface area contributed by atoms with Gasteiger partial charge in [0.25, 0.3) is 0 Å². The molecule has 0 saturated heterocycles. The summed E-state index contributed by atoms with van der Waals surface area (Å²) in [6.45, 7) is 1.01. The van der Waals surface area contributed by atoms with Crippen LogP contribution in [0.4, 0.5) is 0 Å². The second kappa shape index (κ2) is 26.8. The number of ether oxygens (including phenoxy) is 1. The Bertz CT molecular complexity index is 420. The fourth-order valence-electron chi connectivity index (χ4n) is 2.45. The summed E-state index contributed by atoms with van der Waals surface area (Å²) in [6.07, 6.45) is 20.2. The van der Waals surface area contributed by atoms with Gasteiger partial charge in [0.15, 0.2) is 0 Å². The zero-order valence-electron chi connectivity index (χ0n) is 19.3. The van der Waals surface area contributed by atoms with Crippen molar-refractivity contribution in [1.82, 2.24) is 0 Å². The lowest BCUT2D eigenvalue weighted by atomic mass is 10.1. The van der Waals surface area contributed by atoms with E-state index in [0.29, 0.717) is 6.42 Å². The first kappa shape index (κ1) is 31.9. The fraction of sp³-hybridized carbons (Fsp3) is 0.792. The minimum atomic E-state index is -0.964. The SMILES string of the molecule is CCCCC/C=C\C/C=C\CCCCCCCC(=O)OCC(O)CO.OCC(O)CO. The van der Waals surface area contributed by atoms with Crippen molar-refractivity contribution in [3.63, 3.8) is 0 Å². The molecule has 0 spiro atoms. The van der Waals surface area contributed by atoms with Gasteiger partial charge in [-0.3, -0.25) is 4.79 Å². The van der Waals surface area contributed by atoms with Crippen molar-refractivity contribution >= 4 is 5.97 Å². The number of unbranched alkanes of at least 4 members (excludes halogenated alkanes) is 8. The van der Waals surface area contributed by atoms with Gasteiger partial charge in [-0.15, -0.1) is 0 Å². The number of hydrogen-bond donors (Lipinski definition) is 5. The molecule has 5 N–H and O–H groups in total. The standard InChI is InChI=1S/C21H38O4.C3H8O3/c1-2-3-4-5-6-7-8-9-10-11-12-13-14-15-16-17-21(24)25-19-20(23)18-22;4-1-3(6)2-5/h6-7,9-10,20,22-23H,2-5,8,11-19H2,1H3;3-6H,1-2H2/b7-6-,10-9-;. The molecular formula is C24H46O7. The number of allylic oxidation sites excluding steroid dienone is 4. The molecule has 0 bridgehead atoms. The Morgan fingerprint density at radius 3 is 1.77 bits per heavy atom. The molecule has 0 saturated carbocycles. The summed E-state index contributed by atoms with van der Waals surface area (Å²) in [5.74, 6) is -0.293. The molecule has 7 nitrogen and oxygen atoms in total. The molecule has 184 valence electrons. The molecule has 0 heterocycles. The molecule has 0 rings (SSSR count). The molecule has 1 unspecified atom stereocenters.